The van der Waals surface area contributed by atoms with E-state index >= 15 is 0 Å². The number of nitrogens with two attached hydrogens (primary N) is 1. The molecule has 124 valence electrons. The molecule has 3 N–H and O–H groups in total. The van der Waals surface area contributed by atoms with Crippen molar-refractivity contribution in [3.8, 4) is 11.5 Å². The zero-order chi connectivity index (χ0) is 17.5. The van der Waals surface area contributed by atoms with Gasteiger partial charge in [0.2, 0.25) is 5.91 Å². The van der Waals surface area contributed by atoms with Crippen LogP contribution in [0.5, 0.6) is 11.5 Å². The lowest BCUT2D eigenvalue weighted by molar-refractivity contribution is 0.0998. The third-order valence-electron chi connectivity index (χ3n) is 3.33. The van der Waals surface area contributed by atoms with Crippen molar-refractivity contribution in [2.45, 2.75) is 0 Å². The van der Waals surface area contributed by atoms with Crippen molar-refractivity contribution in [1.29, 1.82) is 0 Å². The third-order valence-corrected chi connectivity index (χ3v) is 3.33. The lowest BCUT2D eigenvalue weighted by Crippen LogP contribution is -2.10. The Labute approximate surface area is 139 Å². The van der Waals surface area contributed by atoms with Gasteiger partial charge in [-0.1, -0.05) is 0 Å². The summed E-state index contributed by atoms with van der Waals surface area (Å²) < 4.78 is 10.3. The van der Waals surface area contributed by atoms with Crippen molar-refractivity contribution in [2.24, 2.45) is 5.73 Å². The van der Waals surface area contributed by atoms with Gasteiger partial charge in [-0.25, -0.2) is 0 Å². The fourth-order valence-electron chi connectivity index (χ4n) is 2.04. The first-order chi connectivity index (χ1) is 11.5. The molecule has 0 atom stereocenters. The number of methoxy groups -OCH3 is 2. The number of carbonyl (C=O) groups is 2. The highest BCUT2D eigenvalue weighted by molar-refractivity contribution is 6.07. The minimum atomic E-state index is -0.489. The van der Waals surface area contributed by atoms with Crippen LogP contribution in [-0.4, -0.2) is 25.9 Å². The molecule has 0 spiro atoms. The number of primary amides is 1. The van der Waals surface area contributed by atoms with Crippen molar-refractivity contribution in [3.05, 3.63) is 65.9 Å². The van der Waals surface area contributed by atoms with Crippen LogP contribution in [-0.2, 0) is 0 Å². The van der Waals surface area contributed by atoms with E-state index < -0.39 is 5.91 Å². The van der Waals surface area contributed by atoms with Gasteiger partial charge >= 0.3 is 0 Å². The van der Waals surface area contributed by atoms with Gasteiger partial charge in [0.1, 0.15) is 11.5 Å². The first kappa shape index (κ1) is 17.1. The molecule has 0 aromatic heterocycles. The molecule has 0 aliphatic heterocycles. The third kappa shape index (κ3) is 4.13. The highest BCUT2D eigenvalue weighted by atomic mass is 16.5. The maximum absolute atomic E-state index is 12.3. The van der Waals surface area contributed by atoms with E-state index in [1.54, 1.807) is 42.5 Å². The Morgan fingerprint density at radius 3 is 2.33 bits per heavy atom. The van der Waals surface area contributed by atoms with E-state index in [9.17, 15) is 9.59 Å². The van der Waals surface area contributed by atoms with E-state index in [0.717, 1.165) is 5.69 Å². The second kappa shape index (κ2) is 7.82. The van der Waals surface area contributed by atoms with Crippen molar-refractivity contribution in [3.63, 3.8) is 0 Å². The minimum absolute atomic E-state index is 0.230. The lowest BCUT2D eigenvalue weighted by Gasteiger charge is -2.08. The molecule has 0 saturated heterocycles. The van der Waals surface area contributed by atoms with Gasteiger partial charge in [-0.15, -0.1) is 0 Å². The molecule has 0 fully saturated rings. The van der Waals surface area contributed by atoms with Crippen LogP contribution in [0.25, 0.3) is 0 Å². The van der Waals surface area contributed by atoms with Crippen LogP contribution in [0.15, 0.2) is 54.7 Å². The Bertz CT molecular complexity index is 767. The number of hydrogen-bond donors (Lipinski definition) is 2. The fourth-order valence-corrected chi connectivity index (χ4v) is 2.04. The number of anilines is 1. The van der Waals surface area contributed by atoms with E-state index in [4.69, 9.17) is 15.2 Å². The lowest BCUT2D eigenvalue weighted by atomic mass is 10.1. The van der Waals surface area contributed by atoms with Crippen LogP contribution >= 0.6 is 0 Å². The predicted octanol–water partition coefficient (Wildman–Crippen LogP) is 2.61. The average molecular weight is 326 g/mol. The number of benzene rings is 2. The molecule has 0 aliphatic rings. The van der Waals surface area contributed by atoms with Gasteiger partial charge in [-0.05, 0) is 42.5 Å². The number of ketones is 1. The van der Waals surface area contributed by atoms with Gasteiger partial charge in [0.15, 0.2) is 5.78 Å². The summed E-state index contributed by atoms with van der Waals surface area (Å²) in [5.41, 5.74) is 6.72. The van der Waals surface area contributed by atoms with Gasteiger partial charge in [0.25, 0.3) is 0 Å². The summed E-state index contributed by atoms with van der Waals surface area (Å²) in [6.45, 7) is 0. The first-order valence-electron chi connectivity index (χ1n) is 7.14. The standard InChI is InChI=1S/C18H18N2O4/c1-23-14-7-8-17(24-2)15(11-14)16(21)9-10-20-13-5-3-12(4-6-13)18(19)22/h3-11,20H,1-2H3,(H2,19,22)/b10-9+. The molecule has 2 aromatic carbocycles. The Balaban J connectivity index is 2.09. The summed E-state index contributed by atoms with van der Waals surface area (Å²) in [5.74, 6) is 0.322. The van der Waals surface area contributed by atoms with E-state index in [2.05, 4.69) is 5.32 Å². The number of amides is 1. The molecule has 0 aliphatic carbocycles. The second-order valence-corrected chi connectivity index (χ2v) is 4.85. The van der Waals surface area contributed by atoms with Gasteiger partial charge in [-0.2, -0.15) is 0 Å². The minimum Gasteiger partial charge on any atom is -0.497 e. The molecular formula is C18H18N2O4. The van der Waals surface area contributed by atoms with Crippen LogP contribution in [0.2, 0.25) is 0 Å². The molecule has 6 heteroatoms. The van der Waals surface area contributed by atoms with E-state index in [1.165, 1.54) is 26.5 Å². The molecular weight excluding hydrogens is 308 g/mol. The fraction of sp³-hybridized carbons (Fsp3) is 0.111. The summed E-state index contributed by atoms with van der Waals surface area (Å²) in [6, 6.07) is 11.6. The summed E-state index contributed by atoms with van der Waals surface area (Å²) in [7, 11) is 3.03. The normalized spacial score (nSPS) is 10.4. The van der Waals surface area contributed by atoms with E-state index in [1.807, 2.05) is 0 Å². The molecule has 2 rings (SSSR count). The predicted molar refractivity (Wildman–Crippen MR) is 91.6 cm³/mol. The molecule has 2 aromatic rings. The molecule has 6 nitrogen and oxygen atoms in total. The molecule has 1 amide bonds. The van der Waals surface area contributed by atoms with E-state index in [-0.39, 0.29) is 5.78 Å². The zero-order valence-corrected chi connectivity index (χ0v) is 13.4. The number of hydrogen-bond acceptors (Lipinski definition) is 5. The molecule has 0 unspecified atom stereocenters. The van der Waals surface area contributed by atoms with Crippen LogP contribution < -0.4 is 20.5 Å². The van der Waals surface area contributed by atoms with Gasteiger partial charge < -0.3 is 20.5 Å². The molecule has 0 bridgehead atoms. The number of ether oxygens (including phenoxy) is 2. The number of nitrogens with one attached hydrogen (secondary N) is 1. The number of allylic oxidation sites excluding steroid dienone is 1. The Morgan fingerprint density at radius 1 is 1.04 bits per heavy atom. The highest BCUT2D eigenvalue weighted by Gasteiger charge is 2.11. The smallest absolute Gasteiger partial charge is 0.248 e. The molecule has 24 heavy (non-hydrogen) atoms. The quantitative estimate of drug-likeness (QED) is 0.603. The average Bonchev–Trinajstić information content (AvgIpc) is 2.61. The van der Waals surface area contributed by atoms with E-state index in [0.29, 0.717) is 22.6 Å². The first-order valence-corrected chi connectivity index (χ1v) is 7.14. The van der Waals surface area contributed by atoms with Crippen molar-refractivity contribution < 1.29 is 19.1 Å². The summed E-state index contributed by atoms with van der Waals surface area (Å²) in [6.07, 6.45) is 2.90. The van der Waals surface area contributed by atoms with Crippen LogP contribution in [0.4, 0.5) is 5.69 Å². The summed E-state index contributed by atoms with van der Waals surface area (Å²) in [4.78, 5) is 23.3. The number of rotatable bonds is 7. The van der Waals surface area contributed by atoms with Crippen molar-refractivity contribution in [2.75, 3.05) is 19.5 Å². The van der Waals surface area contributed by atoms with Gasteiger partial charge in [0.05, 0.1) is 19.8 Å². The van der Waals surface area contributed by atoms with Gasteiger partial charge in [0, 0.05) is 23.5 Å². The number of carbonyl (C=O) groups excluding carboxylic acids is 2. The Kier molecular flexibility index (Phi) is 5.57. The molecule has 0 radical (unpaired) electrons. The monoisotopic (exact) mass is 326 g/mol. The Morgan fingerprint density at radius 2 is 1.75 bits per heavy atom. The van der Waals surface area contributed by atoms with Crippen molar-refractivity contribution >= 4 is 17.4 Å². The SMILES string of the molecule is COc1ccc(OC)c(C(=O)/C=C/Nc2ccc(C(N)=O)cc2)c1. The van der Waals surface area contributed by atoms with Crippen LogP contribution in [0.1, 0.15) is 20.7 Å². The second-order valence-electron chi connectivity index (χ2n) is 4.85. The molecule has 0 heterocycles. The van der Waals surface area contributed by atoms with Crippen molar-refractivity contribution in [1.82, 2.24) is 0 Å². The maximum atomic E-state index is 12.3. The zero-order valence-electron chi connectivity index (χ0n) is 13.4. The topological polar surface area (TPSA) is 90.7 Å². The summed E-state index contributed by atoms with van der Waals surface area (Å²) in [5, 5.41) is 2.95. The molecule has 0 saturated carbocycles. The van der Waals surface area contributed by atoms with Crippen LogP contribution in [0, 0.1) is 0 Å². The highest BCUT2D eigenvalue weighted by Crippen LogP contribution is 2.24. The maximum Gasteiger partial charge on any atom is 0.248 e. The Hall–Kier alpha value is -3.28. The summed E-state index contributed by atoms with van der Waals surface area (Å²) >= 11 is 0. The van der Waals surface area contributed by atoms with Crippen LogP contribution in [0.3, 0.4) is 0 Å². The van der Waals surface area contributed by atoms with Gasteiger partial charge in [-0.3, -0.25) is 9.59 Å². The largest absolute Gasteiger partial charge is 0.497 e.